The number of carbonyl (C=O) groups excluding carboxylic acids is 1. The fourth-order valence-electron chi connectivity index (χ4n) is 3.09. The predicted molar refractivity (Wildman–Crippen MR) is 108 cm³/mol. The van der Waals surface area contributed by atoms with Crippen molar-refractivity contribution < 1.29 is 9.53 Å². The zero-order chi connectivity index (χ0) is 19.7. The van der Waals surface area contributed by atoms with Crippen LogP contribution in [0.5, 0.6) is 0 Å². The van der Waals surface area contributed by atoms with Gasteiger partial charge in [0.2, 0.25) is 0 Å². The molecule has 3 aromatic rings. The maximum Gasteiger partial charge on any atom is 0.407 e. The van der Waals surface area contributed by atoms with Crippen LogP contribution in [0.15, 0.2) is 42.7 Å². The number of benzene rings is 1. The van der Waals surface area contributed by atoms with Gasteiger partial charge < -0.3 is 15.0 Å². The zero-order valence-electron chi connectivity index (χ0n) is 16.5. The van der Waals surface area contributed by atoms with E-state index < -0.39 is 11.7 Å². The van der Waals surface area contributed by atoms with Gasteiger partial charge in [0.1, 0.15) is 11.4 Å². The van der Waals surface area contributed by atoms with E-state index in [1.807, 2.05) is 61.8 Å². The molecule has 1 saturated heterocycles. The van der Waals surface area contributed by atoms with Crippen LogP contribution < -0.4 is 10.2 Å². The van der Waals surface area contributed by atoms with Gasteiger partial charge in [0.25, 0.3) is 0 Å². The minimum atomic E-state index is -0.502. The summed E-state index contributed by atoms with van der Waals surface area (Å²) in [5.41, 5.74) is 3.40. The molecule has 7 nitrogen and oxygen atoms in total. The number of aromatic nitrogens is 3. The number of amides is 1. The van der Waals surface area contributed by atoms with Crippen LogP contribution in [-0.2, 0) is 11.3 Å². The second-order valence-electron chi connectivity index (χ2n) is 8.00. The lowest BCUT2D eigenvalue weighted by Gasteiger charge is -2.32. The lowest BCUT2D eigenvalue weighted by Crippen LogP contribution is -2.37. The summed E-state index contributed by atoms with van der Waals surface area (Å²) in [5, 5.41) is 7.17. The van der Waals surface area contributed by atoms with Gasteiger partial charge in [0, 0.05) is 25.2 Å². The van der Waals surface area contributed by atoms with E-state index >= 15 is 0 Å². The molecule has 1 N–H and O–H groups in total. The van der Waals surface area contributed by atoms with Crippen LogP contribution in [0.1, 0.15) is 32.8 Å². The van der Waals surface area contributed by atoms with E-state index in [0.29, 0.717) is 6.54 Å². The number of nitrogens with zero attached hydrogens (tertiary/aromatic N) is 4. The topological polar surface area (TPSA) is 71.8 Å². The summed E-state index contributed by atoms with van der Waals surface area (Å²) in [6.07, 6.45) is 4.56. The number of rotatable bonds is 4. The Morgan fingerprint density at radius 1 is 1.18 bits per heavy atom. The largest absolute Gasteiger partial charge is 0.444 e. The first-order valence-electron chi connectivity index (χ1n) is 9.54. The smallest absolute Gasteiger partial charge is 0.407 e. The summed E-state index contributed by atoms with van der Waals surface area (Å²) in [5.74, 6) is 0.952. The van der Waals surface area contributed by atoms with Crippen LogP contribution in [-0.4, -0.2) is 39.4 Å². The Kier molecular flexibility index (Phi) is 4.66. The number of alkyl carbamates (subject to hydrolysis) is 1. The van der Waals surface area contributed by atoms with Gasteiger partial charge in [-0.05, 0) is 38.8 Å². The average molecular weight is 379 g/mol. The normalized spacial score (nSPS) is 14.0. The van der Waals surface area contributed by atoms with Crippen molar-refractivity contribution >= 4 is 17.4 Å². The van der Waals surface area contributed by atoms with Crippen LogP contribution >= 0.6 is 0 Å². The van der Waals surface area contributed by atoms with E-state index in [0.717, 1.165) is 41.2 Å². The molecule has 4 rings (SSSR count). The van der Waals surface area contributed by atoms with E-state index in [1.165, 1.54) is 6.42 Å². The van der Waals surface area contributed by atoms with E-state index in [4.69, 9.17) is 9.72 Å². The van der Waals surface area contributed by atoms with Crippen molar-refractivity contribution in [3.63, 3.8) is 0 Å². The van der Waals surface area contributed by atoms with Crippen molar-refractivity contribution in [2.45, 2.75) is 39.3 Å². The van der Waals surface area contributed by atoms with Gasteiger partial charge >= 0.3 is 6.09 Å². The van der Waals surface area contributed by atoms with Gasteiger partial charge in [-0.25, -0.2) is 14.3 Å². The first-order valence-corrected chi connectivity index (χ1v) is 9.54. The quantitative estimate of drug-likeness (QED) is 0.749. The van der Waals surface area contributed by atoms with Gasteiger partial charge in [0.15, 0.2) is 0 Å². The minimum Gasteiger partial charge on any atom is -0.444 e. The van der Waals surface area contributed by atoms with Crippen LogP contribution in [0.25, 0.3) is 16.8 Å². The highest BCUT2D eigenvalue weighted by molar-refractivity contribution is 5.78. The van der Waals surface area contributed by atoms with Gasteiger partial charge in [-0.15, -0.1) is 0 Å². The third-order valence-corrected chi connectivity index (χ3v) is 4.62. The van der Waals surface area contributed by atoms with Crippen molar-refractivity contribution in [3.8, 4) is 11.3 Å². The summed E-state index contributed by atoms with van der Waals surface area (Å²) < 4.78 is 7.15. The minimum absolute atomic E-state index is 0.415. The third-order valence-electron chi connectivity index (χ3n) is 4.62. The molecule has 0 atom stereocenters. The van der Waals surface area contributed by atoms with E-state index in [9.17, 15) is 4.79 Å². The number of hydrogen-bond acceptors (Lipinski definition) is 5. The number of ether oxygens (including phenoxy) is 1. The van der Waals surface area contributed by atoms with Crippen LogP contribution in [0.3, 0.4) is 0 Å². The third kappa shape index (κ3) is 3.93. The van der Waals surface area contributed by atoms with Gasteiger partial charge in [-0.3, -0.25) is 0 Å². The first-order chi connectivity index (χ1) is 13.4. The van der Waals surface area contributed by atoms with Crippen LogP contribution in [0.4, 0.5) is 10.6 Å². The molecule has 1 aliphatic heterocycles. The van der Waals surface area contributed by atoms with Gasteiger partial charge in [-0.1, -0.05) is 24.3 Å². The molecule has 3 heterocycles. The molecule has 0 radical (unpaired) electrons. The van der Waals surface area contributed by atoms with Crippen molar-refractivity contribution in [2.24, 2.45) is 0 Å². The van der Waals surface area contributed by atoms with Gasteiger partial charge in [0.05, 0.1) is 23.6 Å². The van der Waals surface area contributed by atoms with Gasteiger partial charge in [-0.2, -0.15) is 5.10 Å². The fraction of sp³-hybridized carbons (Fsp3) is 0.381. The molecule has 0 aliphatic carbocycles. The summed E-state index contributed by atoms with van der Waals surface area (Å²) in [4.78, 5) is 19.0. The SMILES string of the molecule is CC(C)(C)OC(=O)NCc1ccc(-c2nc(N3CCC3)cn3nccc23)cc1. The fourth-order valence-corrected chi connectivity index (χ4v) is 3.09. The standard InChI is InChI=1S/C21H25N5O2/c1-21(2,3)28-20(27)22-13-15-5-7-16(8-6-15)19-17-9-10-23-26(17)14-18(24-19)25-11-4-12-25/h5-10,14H,4,11-13H2,1-3H3,(H,22,27). The number of anilines is 1. The molecule has 1 aromatic carbocycles. The first kappa shape index (κ1) is 18.3. The monoisotopic (exact) mass is 379 g/mol. The number of hydrogen-bond donors (Lipinski definition) is 1. The zero-order valence-corrected chi connectivity index (χ0v) is 16.5. The summed E-state index contributed by atoms with van der Waals surface area (Å²) >= 11 is 0. The number of carbonyl (C=O) groups is 1. The highest BCUT2D eigenvalue weighted by Gasteiger charge is 2.19. The summed E-state index contributed by atoms with van der Waals surface area (Å²) in [6, 6.07) is 10.0. The molecule has 1 fully saturated rings. The molecule has 1 amide bonds. The van der Waals surface area contributed by atoms with Crippen molar-refractivity contribution in [1.29, 1.82) is 0 Å². The van der Waals surface area contributed by atoms with E-state index in [-0.39, 0.29) is 0 Å². The molecule has 28 heavy (non-hydrogen) atoms. The average Bonchev–Trinajstić information content (AvgIpc) is 3.05. The maximum atomic E-state index is 11.8. The molecule has 146 valence electrons. The van der Waals surface area contributed by atoms with Crippen LogP contribution in [0, 0.1) is 0 Å². The number of nitrogens with one attached hydrogen (secondary N) is 1. The second kappa shape index (κ2) is 7.14. The molecular weight excluding hydrogens is 354 g/mol. The Bertz CT molecular complexity index is 984. The lowest BCUT2D eigenvalue weighted by molar-refractivity contribution is 0.0523. The van der Waals surface area contributed by atoms with Crippen molar-refractivity contribution in [1.82, 2.24) is 19.9 Å². The highest BCUT2D eigenvalue weighted by atomic mass is 16.6. The summed E-state index contributed by atoms with van der Waals surface area (Å²) in [7, 11) is 0. The van der Waals surface area contributed by atoms with Crippen molar-refractivity contribution in [3.05, 3.63) is 48.3 Å². The van der Waals surface area contributed by atoms with E-state index in [2.05, 4.69) is 15.3 Å². The molecule has 1 aliphatic rings. The number of fused-ring (bicyclic) bond motifs is 1. The molecule has 0 bridgehead atoms. The Hall–Kier alpha value is -3.09. The van der Waals surface area contributed by atoms with E-state index in [1.54, 1.807) is 6.20 Å². The summed E-state index contributed by atoms with van der Waals surface area (Å²) in [6.45, 7) is 8.03. The van der Waals surface area contributed by atoms with Crippen LogP contribution in [0.2, 0.25) is 0 Å². The molecule has 0 saturated carbocycles. The Balaban J connectivity index is 1.52. The second-order valence-corrected chi connectivity index (χ2v) is 8.00. The highest BCUT2D eigenvalue weighted by Crippen LogP contribution is 2.27. The Morgan fingerprint density at radius 3 is 2.57 bits per heavy atom. The molecule has 2 aromatic heterocycles. The lowest BCUT2D eigenvalue weighted by atomic mass is 10.1. The Labute approximate surface area is 164 Å². The maximum absolute atomic E-state index is 11.8. The molecular formula is C21H25N5O2. The van der Waals surface area contributed by atoms with Crippen molar-refractivity contribution in [2.75, 3.05) is 18.0 Å². The molecule has 0 spiro atoms. The molecule has 7 heteroatoms. The molecule has 0 unspecified atom stereocenters. The Morgan fingerprint density at radius 2 is 1.93 bits per heavy atom. The predicted octanol–water partition coefficient (Wildman–Crippen LogP) is 3.63.